The highest BCUT2D eigenvalue weighted by atomic mass is 79.9. The van der Waals surface area contributed by atoms with E-state index in [0.29, 0.717) is 18.5 Å². The summed E-state index contributed by atoms with van der Waals surface area (Å²) in [5.41, 5.74) is 0.658. The number of carbonyl (C=O) groups is 1. The van der Waals surface area contributed by atoms with Crippen LogP contribution in [-0.2, 0) is 10.0 Å². The van der Waals surface area contributed by atoms with Crippen molar-refractivity contribution in [2.75, 3.05) is 19.3 Å². The van der Waals surface area contributed by atoms with Crippen molar-refractivity contribution in [2.45, 2.75) is 31.7 Å². The molecule has 1 atom stereocenters. The third-order valence-electron chi connectivity index (χ3n) is 3.83. The van der Waals surface area contributed by atoms with Crippen LogP contribution >= 0.6 is 15.9 Å². The first kappa shape index (κ1) is 17.4. The van der Waals surface area contributed by atoms with Crippen LogP contribution in [0.15, 0.2) is 28.7 Å². The summed E-state index contributed by atoms with van der Waals surface area (Å²) in [7, 11) is -3.18. The maximum atomic E-state index is 12.7. The Morgan fingerprint density at radius 2 is 2.09 bits per heavy atom. The number of nitrogens with one attached hydrogen (secondary N) is 1. The molecule has 0 aliphatic carbocycles. The summed E-state index contributed by atoms with van der Waals surface area (Å²) in [6.07, 6.45) is 4.78. The molecule has 22 heavy (non-hydrogen) atoms. The van der Waals surface area contributed by atoms with Gasteiger partial charge in [0.25, 0.3) is 5.91 Å². The molecule has 0 radical (unpaired) electrons. The molecule has 1 saturated heterocycles. The van der Waals surface area contributed by atoms with E-state index in [1.54, 1.807) is 0 Å². The Labute approximate surface area is 140 Å². The first-order valence-corrected chi connectivity index (χ1v) is 10.1. The monoisotopic (exact) mass is 388 g/mol. The third-order valence-corrected chi connectivity index (χ3v) is 5.25. The molecule has 0 bridgehead atoms. The van der Waals surface area contributed by atoms with E-state index in [9.17, 15) is 13.2 Å². The molecule has 1 heterocycles. The molecular formula is C15H21BrN2O3S. The molecule has 0 aromatic heterocycles. The third kappa shape index (κ3) is 4.79. The number of amides is 1. The predicted octanol–water partition coefficient (Wildman–Crippen LogP) is 2.38. The molecule has 1 N–H and O–H groups in total. The summed E-state index contributed by atoms with van der Waals surface area (Å²) in [6, 6.07) is 7.49. The minimum absolute atomic E-state index is 0.0107. The molecule has 5 nitrogen and oxygen atoms in total. The van der Waals surface area contributed by atoms with Crippen LogP contribution < -0.4 is 4.72 Å². The van der Waals surface area contributed by atoms with Crippen molar-refractivity contribution in [3.05, 3.63) is 34.3 Å². The van der Waals surface area contributed by atoms with Crippen LogP contribution in [-0.4, -0.2) is 44.6 Å². The van der Waals surface area contributed by atoms with Gasteiger partial charge in [-0.25, -0.2) is 13.1 Å². The molecule has 0 spiro atoms. The van der Waals surface area contributed by atoms with Crippen LogP contribution in [0.25, 0.3) is 0 Å². The van der Waals surface area contributed by atoms with Gasteiger partial charge in [0.05, 0.1) is 11.8 Å². The van der Waals surface area contributed by atoms with Crippen molar-refractivity contribution in [1.29, 1.82) is 0 Å². The van der Waals surface area contributed by atoms with Crippen LogP contribution in [0.5, 0.6) is 0 Å². The summed E-state index contributed by atoms with van der Waals surface area (Å²) < 4.78 is 25.6. The summed E-state index contributed by atoms with van der Waals surface area (Å²) in [6.45, 7) is 1.09. The summed E-state index contributed by atoms with van der Waals surface area (Å²) in [5.74, 6) is 0.0107. The van der Waals surface area contributed by atoms with Gasteiger partial charge in [-0.15, -0.1) is 0 Å². The van der Waals surface area contributed by atoms with Crippen LogP contribution in [0.4, 0.5) is 0 Å². The van der Waals surface area contributed by atoms with Gasteiger partial charge in [0.15, 0.2) is 0 Å². The summed E-state index contributed by atoms with van der Waals surface area (Å²) in [5, 5.41) is 0. The molecule has 1 unspecified atom stereocenters. The molecule has 1 aliphatic heterocycles. The van der Waals surface area contributed by atoms with Crippen molar-refractivity contribution >= 4 is 31.9 Å². The van der Waals surface area contributed by atoms with E-state index in [0.717, 1.165) is 36.5 Å². The molecular weight excluding hydrogens is 368 g/mol. The van der Waals surface area contributed by atoms with Gasteiger partial charge in [0, 0.05) is 23.6 Å². The Morgan fingerprint density at radius 1 is 1.36 bits per heavy atom. The Hall–Kier alpha value is -0.920. The van der Waals surface area contributed by atoms with Crippen LogP contribution in [0.1, 0.15) is 36.0 Å². The highest BCUT2D eigenvalue weighted by Crippen LogP contribution is 2.25. The molecule has 1 aromatic rings. The number of halogens is 1. The van der Waals surface area contributed by atoms with Crippen LogP contribution in [0.2, 0.25) is 0 Å². The number of sulfonamides is 1. The first-order valence-electron chi connectivity index (χ1n) is 7.38. The molecule has 1 fully saturated rings. The molecule has 2 rings (SSSR count). The highest BCUT2D eigenvalue weighted by molar-refractivity contribution is 9.10. The van der Waals surface area contributed by atoms with E-state index in [2.05, 4.69) is 20.7 Å². The second-order valence-electron chi connectivity index (χ2n) is 5.58. The molecule has 0 saturated carbocycles. The van der Waals surface area contributed by atoms with Gasteiger partial charge >= 0.3 is 0 Å². The van der Waals surface area contributed by atoms with E-state index >= 15 is 0 Å². The predicted molar refractivity (Wildman–Crippen MR) is 90.3 cm³/mol. The number of piperidine rings is 1. The van der Waals surface area contributed by atoms with Gasteiger partial charge in [0.1, 0.15) is 0 Å². The molecule has 7 heteroatoms. The maximum Gasteiger partial charge on any atom is 0.255 e. The normalized spacial score (nSPS) is 19.2. The Morgan fingerprint density at radius 3 is 2.77 bits per heavy atom. The largest absolute Gasteiger partial charge is 0.336 e. The quantitative estimate of drug-likeness (QED) is 0.841. The van der Waals surface area contributed by atoms with Crippen LogP contribution in [0.3, 0.4) is 0 Å². The van der Waals surface area contributed by atoms with Gasteiger partial charge in [0.2, 0.25) is 10.0 Å². The van der Waals surface area contributed by atoms with Crippen molar-refractivity contribution in [1.82, 2.24) is 9.62 Å². The fourth-order valence-electron chi connectivity index (χ4n) is 2.77. The van der Waals surface area contributed by atoms with Gasteiger partial charge < -0.3 is 4.90 Å². The first-order chi connectivity index (χ1) is 10.4. The fraction of sp³-hybridized carbons (Fsp3) is 0.533. The Kier molecular flexibility index (Phi) is 6.00. The summed E-state index contributed by atoms with van der Waals surface area (Å²) in [4.78, 5) is 14.6. The molecule has 1 amide bonds. The lowest BCUT2D eigenvalue weighted by atomic mass is 9.98. The van der Waals surface area contributed by atoms with Gasteiger partial charge in [-0.1, -0.05) is 12.1 Å². The minimum atomic E-state index is -3.18. The van der Waals surface area contributed by atoms with E-state index < -0.39 is 10.0 Å². The Bertz CT molecular complexity index is 633. The number of benzene rings is 1. The zero-order valence-corrected chi connectivity index (χ0v) is 15.0. The number of hydrogen-bond acceptors (Lipinski definition) is 3. The van der Waals surface area contributed by atoms with Gasteiger partial charge in [-0.2, -0.15) is 0 Å². The molecule has 1 aliphatic rings. The highest BCUT2D eigenvalue weighted by Gasteiger charge is 2.28. The number of likely N-dealkylation sites (tertiary alicyclic amines) is 1. The van der Waals surface area contributed by atoms with Crippen LogP contribution in [0, 0.1) is 0 Å². The van der Waals surface area contributed by atoms with E-state index in [1.165, 1.54) is 0 Å². The lowest BCUT2D eigenvalue weighted by Crippen LogP contribution is -2.45. The summed E-state index contributed by atoms with van der Waals surface area (Å²) >= 11 is 3.42. The average Bonchev–Trinajstić information content (AvgIpc) is 2.46. The van der Waals surface area contributed by atoms with Gasteiger partial charge in [-0.05, 0) is 53.7 Å². The minimum Gasteiger partial charge on any atom is -0.336 e. The number of hydrogen-bond donors (Lipinski definition) is 1. The number of rotatable bonds is 5. The van der Waals surface area contributed by atoms with Crippen molar-refractivity contribution < 1.29 is 13.2 Å². The second kappa shape index (κ2) is 7.57. The zero-order valence-electron chi connectivity index (χ0n) is 12.6. The van der Waals surface area contributed by atoms with Crippen molar-refractivity contribution in [3.63, 3.8) is 0 Å². The fourth-order valence-corrected chi connectivity index (χ4v) is 3.71. The molecule has 122 valence electrons. The second-order valence-corrected chi connectivity index (χ2v) is 8.27. The topological polar surface area (TPSA) is 66.5 Å². The lowest BCUT2D eigenvalue weighted by Gasteiger charge is -2.36. The smallest absolute Gasteiger partial charge is 0.255 e. The van der Waals surface area contributed by atoms with Gasteiger partial charge in [-0.3, -0.25) is 4.79 Å². The zero-order chi connectivity index (χ0) is 16.2. The van der Waals surface area contributed by atoms with E-state index in [4.69, 9.17) is 0 Å². The average molecular weight is 389 g/mol. The Balaban J connectivity index is 2.06. The van der Waals surface area contributed by atoms with Crippen molar-refractivity contribution in [2.24, 2.45) is 0 Å². The molecule has 1 aromatic carbocycles. The van der Waals surface area contributed by atoms with E-state index in [-0.39, 0.29) is 11.9 Å². The lowest BCUT2D eigenvalue weighted by molar-refractivity contribution is 0.0603. The number of carbonyl (C=O) groups excluding carboxylic acids is 1. The van der Waals surface area contributed by atoms with E-state index in [1.807, 2.05) is 29.2 Å². The van der Waals surface area contributed by atoms with Crippen molar-refractivity contribution in [3.8, 4) is 0 Å². The maximum absolute atomic E-state index is 12.7. The standard InChI is InChI=1S/C15H21BrN2O3S/c1-22(20,21)17-10-9-12-6-4-5-11-18(12)15(19)13-7-2-3-8-14(13)16/h2-3,7-8,12,17H,4-6,9-11H2,1H3. The number of nitrogens with zero attached hydrogens (tertiary/aromatic N) is 1. The SMILES string of the molecule is CS(=O)(=O)NCCC1CCCCN1C(=O)c1ccccc1Br.